The molecule has 41 heavy (non-hydrogen) atoms. The van der Waals surface area contributed by atoms with Crippen LogP contribution in [-0.2, 0) is 6.61 Å². The molecule has 1 saturated carbocycles. The van der Waals surface area contributed by atoms with Gasteiger partial charge in [-0.1, -0.05) is 85.5 Å². The fraction of sp³-hybridized carbons (Fsp3) is 0.265. The zero-order valence-corrected chi connectivity index (χ0v) is 23.8. The van der Waals surface area contributed by atoms with Gasteiger partial charge in [0.2, 0.25) is 0 Å². The molecule has 0 atom stereocenters. The van der Waals surface area contributed by atoms with Crippen molar-refractivity contribution in [1.29, 1.82) is 0 Å². The van der Waals surface area contributed by atoms with Crippen LogP contribution >= 0.6 is 11.6 Å². The Bertz CT molecular complexity index is 1790. The second kappa shape index (κ2) is 12.1. The Labute approximate surface area is 244 Å². The van der Waals surface area contributed by atoms with Gasteiger partial charge >= 0.3 is 0 Å². The van der Waals surface area contributed by atoms with E-state index in [0.29, 0.717) is 46.2 Å². The number of ether oxygens (including phenoxy) is 2. The third kappa shape index (κ3) is 5.70. The van der Waals surface area contributed by atoms with Gasteiger partial charge in [-0.05, 0) is 65.9 Å². The zero-order valence-electron chi connectivity index (χ0n) is 23.1. The van der Waals surface area contributed by atoms with Crippen molar-refractivity contribution in [2.45, 2.75) is 51.6 Å². The van der Waals surface area contributed by atoms with Gasteiger partial charge in [0.1, 0.15) is 12.4 Å². The first kappa shape index (κ1) is 27.0. The van der Waals surface area contributed by atoms with Crippen LogP contribution in [0.15, 0.2) is 88.8 Å². The van der Waals surface area contributed by atoms with Crippen LogP contribution in [0, 0.1) is 0 Å². The summed E-state index contributed by atoms with van der Waals surface area (Å²) in [5, 5.41) is 7.91. The molecule has 0 radical (unpaired) electrons. The Morgan fingerprint density at radius 1 is 0.951 bits per heavy atom. The summed E-state index contributed by atoms with van der Waals surface area (Å²) in [6.45, 7) is 2.71. The van der Waals surface area contributed by atoms with E-state index in [1.165, 1.54) is 11.1 Å². The average molecular weight is 566 g/mol. The Morgan fingerprint density at radius 2 is 1.71 bits per heavy atom. The lowest BCUT2D eigenvalue weighted by Gasteiger charge is -2.22. The van der Waals surface area contributed by atoms with Crippen LogP contribution in [0.25, 0.3) is 21.7 Å². The molecule has 4 aromatic carbocycles. The van der Waals surface area contributed by atoms with Gasteiger partial charge in [-0.25, -0.2) is 4.98 Å². The number of para-hydroxylation sites is 1. The Morgan fingerprint density at radius 3 is 2.54 bits per heavy atom. The lowest BCUT2D eigenvalue weighted by Crippen LogP contribution is -2.25. The summed E-state index contributed by atoms with van der Waals surface area (Å²) in [4.78, 5) is 18.5. The minimum absolute atomic E-state index is 0.168. The molecule has 0 N–H and O–H groups in total. The number of aromatic nitrogens is 2. The summed E-state index contributed by atoms with van der Waals surface area (Å²) >= 11 is 6.75. The van der Waals surface area contributed by atoms with Crippen molar-refractivity contribution in [3.63, 3.8) is 0 Å². The van der Waals surface area contributed by atoms with Crippen molar-refractivity contribution in [2.75, 3.05) is 6.61 Å². The molecule has 7 heteroatoms. The SMILES string of the molecule is CCOc1cc(C=Nn2c(C3CCCCC3)nc3ccccc3c2=O)cc(Cl)c1OCc1cccc2ccccc12. The first-order valence-electron chi connectivity index (χ1n) is 14.2. The highest BCUT2D eigenvalue weighted by molar-refractivity contribution is 6.32. The van der Waals surface area contributed by atoms with Gasteiger partial charge in [0, 0.05) is 5.92 Å². The van der Waals surface area contributed by atoms with E-state index in [-0.39, 0.29) is 11.5 Å². The number of hydrogen-bond donors (Lipinski definition) is 0. The van der Waals surface area contributed by atoms with E-state index in [1.807, 2.05) is 49.4 Å². The zero-order chi connectivity index (χ0) is 28.2. The van der Waals surface area contributed by atoms with Crippen molar-refractivity contribution in [3.05, 3.63) is 111 Å². The van der Waals surface area contributed by atoms with E-state index in [0.717, 1.165) is 47.8 Å². The molecule has 0 spiro atoms. The predicted molar refractivity (Wildman–Crippen MR) is 166 cm³/mol. The maximum Gasteiger partial charge on any atom is 0.282 e. The number of fused-ring (bicyclic) bond motifs is 2. The van der Waals surface area contributed by atoms with Crippen molar-refractivity contribution in [3.8, 4) is 11.5 Å². The molecule has 208 valence electrons. The summed E-state index contributed by atoms with van der Waals surface area (Å²) in [5.41, 5.74) is 2.30. The second-order valence-corrected chi connectivity index (χ2v) is 10.8. The van der Waals surface area contributed by atoms with Crippen LogP contribution in [-0.4, -0.2) is 22.5 Å². The molecule has 0 saturated heterocycles. The predicted octanol–water partition coefficient (Wildman–Crippen LogP) is 8.11. The topological polar surface area (TPSA) is 65.7 Å². The van der Waals surface area contributed by atoms with Crippen molar-refractivity contribution < 1.29 is 9.47 Å². The van der Waals surface area contributed by atoms with Gasteiger partial charge in [0.15, 0.2) is 11.5 Å². The lowest BCUT2D eigenvalue weighted by molar-refractivity contribution is 0.270. The number of rotatable bonds is 8. The molecule has 0 bridgehead atoms. The summed E-state index contributed by atoms with van der Waals surface area (Å²) in [6, 6.07) is 25.5. The first-order chi connectivity index (χ1) is 20.1. The van der Waals surface area contributed by atoms with Crippen molar-refractivity contribution in [1.82, 2.24) is 9.66 Å². The van der Waals surface area contributed by atoms with Gasteiger partial charge in [-0.15, -0.1) is 0 Å². The average Bonchev–Trinajstić information content (AvgIpc) is 3.01. The van der Waals surface area contributed by atoms with E-state index < -0.39 is 0 Å². The molecule has 0 amide bonds. The van der Waals surface area contributed by atoms with Crippen LogP contribution in [0.1, 0.15) is 61.9 Å². The van der Waals surface area contributed by atoms with Crippen molar-refractivity contribution >= 4 is 39.5 Å². The molecule has 6 rings (SSSR count). The summed E-state index contributed by atoms with van der Waals surface area (Å²) in [6.07, 6.45) is 7.13. The fourth-order valence-electron chi connectivity index (χ4n) is 5.64. The lowest BCUT2D eigenvalue weighted by atomic mass is 9.88. The van der Waals surface area contributed by atoms with Gasteiger partial charge in [-0.2, -0.15) is 9.78 Å². The van der Waals surface area contributed by atoms with Crippen LogP contribution in [0.3, 0.4) is 0 Å². The van der Waals surface area contributed by atoms with E-state index in [2.05, 4.69) is 29.4 Å². The molecule has 1 aliphatic rings. The van der Waals surface area contributed by atoms with Gasteiger partial charge in [0.05, 0.1) is 28.7 Å². The minimum atomic E-state index is -0.168. The molecule has 1 fully saturated rings. The molecule has 1 heterocycles. The highest BCUT2D eigenvalue weighted by Crippen LogP contribution is 2.37. The molecule has 0 aliphatic heterocycles. The molecule has 1 aromatic heterocycles. The minimum Gasteiger partial charge on any atom is -0.490 e. The van der Waals surface area contributed by atoms with Crippen molar-refractivity contribution in [2.24, 2.45) is 5.10 Å². The van der Waals surface area contributed by atoms with Gasteiger partial charge in [0.25, 0.3) is 5.56 Å². The van der Waals surface area contributed by atoms with Crippen LogP contribution in [0.2, 0.25) is 5.02 Å². The smallest absolute Gasteiger partial charge is 0.282 e. The van der Waals surface area contributed by atoms with Crippen LogP contribution in [0.4, 0.5) is 0 Å². The van der Waals surface area contributed by atoms with Crippen LogP contribution < -0.4 is 15.0 Å². The van der Waals surface area contributed by atoms with E-state index in [4.69, 9.17) is 26.1 Å². The van der Waals surface area contributed by atoms with E-state index in [1.54, 1.807) is 18.3 Å². The summed E-state index contributed by atoms with van der Waals surface area (Å²) in [7, 11) is 0. The third-order valence-corrected chi connectivity index (χ3v) is 7.94. The maximum absolute atomic E-state index is 13.6. The Kier molecular flexibility index (Phi) is 8.01. The molecule has 5 aromatic rings. The molecular formula is C34H32ClN3O3. The van der Waals surface area contributed by atoms with Gasteiger partial charge < -0.3 is 9.47 Å². The molecular weight excluding hydrogens is 534 g/mol. The summed E-state index contributed by atoms with van der Waals surface area (Å²) in [5.74, 6) is 1.92. The Balaban J connectivity index is 1.34. The first-order valence-corrected chi connectivity index (χ1v) is 14.6. The molecule has 0 unspecified atom stereocenters. The van der Waals surface area contributed by atoms with Crippen LogP contribution in [0.5, 0.6) is 11.5 Å². The Hall–Kier alpha value is -4.16. The highest BCUT2D eigenvalue weighted by Gasteiger charge is 2.22. The normalized spacial score (nSPS) is 14.2. The quantitative estimate of drug-likeness (QED) is 0.178. The van der Waals surface area contributed by atoms with E-state index >= 15 is 0 Å². The number of nitrogens with zero attached hydrogens (tertiary/aromatic N) is 3. The van der Waals surface area contributed by atoms with Gasteiger partial charge in [-0.3, -0.25) is 4.79 Å². The number of hydrogen-bond acceptors (Lipinski definition) is 5. The maximum atomic E-state index is 13.6. The fourth-order valence-corrected chi connectivity index (χ4v) is 5.91. The van der Waals surface area contributed by atoms with E-state index in [9.17, 15) is 4.79 Å². The molecule has 6 nitrogen and oxygen atoms in total. The highest BCUT2D eigenvalue weighted by atomic mass is 35.5. The molecule has 1 aliphatic carbocycles. The second-order valence-electron chi connectivity index (χ2n) is 10.4. The number of benzene rings is 4. The largest absolute Gasteiger partial charge is 0.490 e. The third-order valence-electron chi connectivity index (χ3n) is 7.66. The monoisotopic (exact) mass is 565 g/mol. The summed E-state index contributed by atoms with van der Waals surface area (Å²) < 4.78 is 13.6. The number of halogens is 1. The standard InChI is InChI=1S/C34H32ClN3O3/c1-2-40-31-20-23(19-29(35)32(31)41-22-26-15-10-14-24-11-6-7-16-27(24)26)21-36-38-33(25-12-4-3-5-13-25)37-30-18-9-8-17-28(30)34(38)39/h6-11,14-21,25H,2-5,12-13,22H2,1H3.